The Balaban J connectivity index is 0.00000182. The summed E-state index contributed by atoms with van der Waals surface area (Å²) in [7, 11) is 1.86. The van der Waals surface area contributed by atoms with Crippen LogP contribution in [0.2, 0.25) is 0 Å². The van der Waals surface area contributed by atoms with Gasteiger partial charge >= 0.3 is 0 Å². The van der Waals surface area contributed by atoms with Crippen molar-refractivity contribution in [3.63, 3.8) is 0 Å². The SMILES string of the molecule is Cc1cnc(CN(C)C(=O)[C@@H]2CC[C@H](N)CN(C3CCOCC3)C2)[nH]1.Cl.Cl. The number of aryl methyl sites for hydroxylation is 1. The van der Waals surface area contributed by atoms with E-state index in [1.165, 1.54) is 0 Å². The molecule has 0 saturated carbocycles. The van der Waals surface area contributed by atoms with Crippen LogP contribution in [-0.4, -0.2) is 71.1 Å². The zero-order valence-electron chi connectivity index (χ0n) is 16.2. The monoisotopic (exact) mass is 421 g/mol. The molecule has 1 aromatic rings. The van der Waals surface area contributed by atoms with Crippen molar-refractivity contribution in [1.82, 2.24) is 19.8 Å². The number of hydrogen-bond donors (Lipinski definition) is 2. The number of halogens is 2. The molecule has 3 N–H and O–H groups in total. The highest BCUT2D eigenvalue weighted by molar-refractivity contribution is 5.85. The zero-order chi connectivity index (χ0) is 17.8. The van der Waals surface area contributed by atoms with E-state index >= 15 is 0 Å². The van der Waals surface area contributed by atoms with Gasteiger partial charge in [-0.05, 0) is 32.6 Å². The molecule has 156 valence electrons. The van der Waals surface area contributed by atoms with Crippen molar-refractivity contribution >= 4 is 30.7 Å². The topological polar surface area (TPSA) is 87.5 Å². The standard InChI is InChI=1S/C18H31N5O2.2ClH/c1-13-9-20-17(21-13)12-22(2)18(24)14-3-4-15(19)11-23(10-14)16-5-7-25-8-6-16;;/h9,14-16H,3-8,10-12,19H2,1-2H3,(H,20,21);2*1H/t14-,15+;;/m1../s1. The lowest BCUT2D eigenvalue weighted by atomic mass is 10.00. The molecule has 0 spiro atoms. The molecule has 3 heterocycles. The van der Waals surface area contributed by atoms with Crippen LogP contribution in [0, 0.1) is 12.8 Å². The minimum Gasteiger partial charge on any atom is -0.381 e. The number of carbonyl (C=O) groups is 1. The summed E-state index contributed by atoms with van der Waals surface area (Å²) in [4.78, 5) is 24.7. The molecule has 0 radical (unpaired) electrons. The van der Waals surface area contributed by atoms with Crippen LogP contribution >= 0.6 is 24.8 Å². The smallest absolute Gasteiger partial charge is 0.227 e. The van der Waals surface area contributed by atoms with Crippen molar-refractivity contribution in [3.8, 4) is 0 Å². The second-order valence-corrected chi connectivity index (χ2v) is 7.54. The van der Waals surface area contributed by atoms with Gasteiger partial charge in [0, 0.05) is 57.3 Å². The molecule has 0 unspecified atom stereocenters. The van der Waals surface area contributed by atoms with Crippen molar-refractivity contribution in [2.45, 2.75) is 51.2 Å². The molecule has 27 heavy (non-hydrogen) atoms. The van der Waals surface area contributed by atoms with E-state index in [2.05, 4.69) is 14.9 Å². The third-order valence-corrected chi connectivity index (χ3v) is 5.38. The lowest BCUT2D eigenvalue weighted by Crippen LogP contribution is -2.47. The van der Waals surface area contributed by atoms with Crippen LogP contribution in [0.1, 0.15) is 37.2 Å². The molecule has 9 heteroatoms. The number of nitrogens with two attached hydrogens (primary N) is 1. The predicted molar refractivity (Wildman–Crippen MR) is 110 cm³/mol. The van der Waals surface area contributed by atoms with Crippen molar-refractivity contribution in [1.29, 1.82) is 0 Å². The van der Waals surface area contributed by atoms with Crippen LogP contribution in [0.4, 0.5) is 0 Å². The minimum atomic E-state index is 0. The normalized spacial score (nSPS) is 24.4. The Morgan fingerprint density at radius 1 is 1.30 bits per heavy atom. The molecule has 7 nitrogen and oxygen atoms in total. The summed E-state index contributed by atoms with van der Waals surface area (Å²) in [5.41, 5.74) is 7.30. The molecule has 1 amide bonds. The second kappa shape index (κ2) is 11.2. The van der Waals surface area contributed by atoms with Crippen LogP contribution < -0.4 is 5.73 Å². The van der Waals surface area contributed by atoms with E-state index in [0.29, 0.717) is 12.6 Å². The molecule has 3 rings (SSSR count). The third-order valence-electron chi connectivity index (χ3n) is 5.38. The van der Waals surface area contributed by atoms with Gasteiger partial charge in [-0.3, -0.25) is 9.69 Å². The van der Waals surface area contributed by atoms with Crippen molar-refractivity contribution in [3.05, 3.63) is 17.7 Å². The number of nitrogens with one attached hydrogen (secondary N) is 1. The fourth-order valence-corrected chi connectivity index (χ4v) is 3.97. The molecule has 0 aromatic carbocycles. The first-order valence-electron chi connectivity index (χ1n) is 9.35. The van der Waals surface area contributed by atoms with Crippen molar-refractivity contribution in [2.24, 2.45) is 11.7 Å². The molecule has 2 fully saturated rings. The molecule has 1 aromatic heterocycles. The molecule has 2 atom stereocenters. The number of amides is 1. The molecule has 2 saturated heterocycles. The summed E-state index contributed by atoms with van der Waals surface area (Å²) in [6.45, 7) is 5.80. The first-order chi connectivity index (χ1) is 12.0. The van der Waals surface area contributed by atoms with Crippen LogP contribution in [0.3, 0.4) is 0 Å². The third kappa shape index (κ3) is 6.61. The van der Waals surface area contributed by atoms with Gasteiger partial charge in [-0.25, -0.2) is 4.98 Å². The lowest BCUT2D eigenvalue weighted by molar-refractivity contribution is -0.135. The fourth-order valence-electron chi connectivity index (χ4n) is 3.97. The number of aromatic nitrogens is 2. The molecule has 2 aliphatic heterocycles. The number of likely N-dealkylation sites (tertiary alicyclic amines) is 1. The summed E-state index contributed by atoms with van der Waals surface area (Å²) < 4.78 is 5.49. The molecule has 2 aliphatic rings. The molecular formula is C18H33Cl2N5O2. The summed E-state index contributed by atoms with van der Waals surface area (Å²) in [5.74, 6) is 1.04. The number of imidazole rings is 1. The van der Waals surface area contributed by atoms with Crippen molar-refractivity contribution in [2.75, 3.05) is 33.4 Å². The van der Waals surface area contributed by atoms with E-state index in [-0.39, 0.29) is 42.7 Å². The largest absolute Gasteiger partial charge is 0.381 e. The van der Waals surface area contributed by atoms with Gasteiger partial charge in [-0.2, -0.15) is 0 Å². The van der Waals surface area contributed by atoms with E-state index in [9.17, 15) is 4.79 Å². The zero-order valence-corrected chi connectivity index (χ0v) is 17.9. The van der Waals surface area contributed by atoms with Gasteiger partial charge in [-0.1, -0.05) is 0 Å². The van der Waals surface area contributed by atoms with Crippen molar-refractivity contribution < 1.29 is 9.53 Å². The van der Waals surface area contributed by atoms with E-state index in [1.807, 2.05) is 14.0 Å². The number of hydrogen-bond acceptors (Lipinski definition) is 5. The lowest BCUT2D eigenvalue weighted by Gasteiger charge is -2.36. The minimum absolute atomic E-state index is 0. The average molecular weight is 422 g/mol. The maximum absolute atomic E-state index is 13.0. The Hall–Kier alpha value is -0.860. The molecule has 0 aliphatic carbocycles. The summed E-state index contributed by atoms with van der Waals surface area (Å²) >= 11 is 0. The maximum Gasteiger partial charge on any atom is 0.227 e. The first-order valence-corrected chi connectivity index (χ1v) is 9.35. The number of aromatic amines is 1. The van der Waals surface area contributed by atoms with Gasteiger partial charge in [-0.15, -0.1) is 24.8 Å². The number of carbonyl (C=O) groups excluding carboxylic acids is 1. The average Bonchev–Trinajstić information content (AvgIpc) is 2.91. The fraction of sp³-hybridized carbons (Fsp3) is 0.778. The molecular weight excluding hydrogens is 389 g/mol. The number of ether oxygens (including phenoxy) is 1. The van der Waals surface area contributed by atoms with Crippen LogP contribution in [0.25, 0.3) is 0 Å². The first kappa shape index (κ1) is 24.2. The summed E-state index contributed by atoms with van der Waals surface area (Å²) in [6, 6.07) is 0.643. The maximum atomic E-state index is 13.0. The van der Waals surface area contributed by atoms with Gasteiger partial charge in [0.1, 0.15) is 5.82 Å². The van der Waals surface area contributed by atoms with Gasteiger partial charge < -0.3 is 20.4 Å². The Morgan fingerprint density at radius 2 is 2.00 bits per heavy atom. The summed E-state index contributed by atoms with van der Waals surface area (Å²) in [6.07, 6.45) is 5.64. The number of rotatable bonds is 4. The van der Waals surface area contributed by atoms with Gasteiger partial charge in [0.2, 0.25) is 5.91 Å². The Bertz CT molecular complexity index is 580. The predicted octanol–water partition coefficient (Wildman–Crippen LogP) is 1.74. The Morgan fingerprint density at radius 3 is 2.63 bits per heavy atom. The van der Waals surface area contributed by atoms with E-state index in [1.54, 1.807) is 11.1 Å². The Labute approximate surface area is 174 Å². The van der Waals surface area contributed by atoms with E-state index in [0.717, 1.165) is 63.5 Å². The van der Waals surface area contributed by atoms with Crippen LogP contribution in [0.5, 0.6) is 0 Å². The summed E-state index contributed by atoms with van der Waals surface area (Å²) in [5, 5.41) is 0. The van der Waals surface area contributed by atoms with Gasteiger partial charge in [0.15, 0.2) is 0 Å². The number of nitrogens with zero attached hydrogens (tertiary/aromatic N) is 3. The Kier molecular flexibility index (Phi) is 10.0. The quantitative estimate of drug-likeness (QED) is 0.772. The highest BCUT2D eigenvalue weighted by Gasteiger charge is 2.32. The van der Waals surface area contributed by atoms with E-state index in [4.69, 9.17) is 10.5 Å². The van der Waals surface area contributed by atoms with Gasteiger partial charge in [0.25, 0.3) is 0 Å². The van der Waals surface area contributed by atoms with E-state index < -0.39 is 0 Å². The highest BCUT2D eigenvalue weighted by Crippen LogP contribution is 2.24. The second-order valence-electron chi connectivity index (χ2n) is 7.54. The van der Waals surface area contributed by atoms with Crippen LogP contribution in [0.15, 0.2) is 6.20 Å². The van der Waals surface area contributed by atoms with Gasteiger partial charge in [0.05, 0.1) is 12.5 Å². The van der Waals surface area contributed by atoms with Crippen LogP contribution in [-0.2, 0) is 16.1 Å². The highest BCUT2D eigenvalue weighted by atomic mass is 35.5. The molecule has 0 bridgehead atoms. The number of H-pyrrole nitrogens is 1.